The molecule has 2 heterocycles. The molecular formula is C38H34N3S2+. The van der Waals surface area contributed by atoms with Crippen molar-refractivity contribution in [3.63, 3.8) is 0 Å². The molecule has 0 saturated heterocycles. The highest BCUT2D eigenvalue weighted by molar-refractivity contribution is 8.03. The lowest BCUT2D eigenvalue weighted by Crippen LogP contribution is -2.33. The van der Waals surface area contributed by atoms with E-state index in [-0.39, 0.29) is 0 Å². The quantitative estimate of drug-likeness (QED) is 0.173. The number of thioether (sulfide) groups is 1. The molecule has 0 radical (unpaired) electrons. The van der Waals surface area contributed by atoms with E-state index in [0.29, 0.717) is 0 Å². The van der Waals surface area contributed by atoms with Crippen LogP contribution in [-0.2, 0) is 6.54 Å². The molecule has 0 bridgehead atoms. The number of aromatic nitrogens is 1. The summed E-state index contributed by atoms with van der Waals surface area (Å²) in [4.78, 5) is 6.05. The average molecular weight is 597 g/mol. The van der Waals surface area contributed by atoms with E-state index in [2.05, 4.69) is 162 Å². The minimum Gasteiger partial charge on any atom is -0.338 e. The molecule has 3 nitrogen and oxygen atoms in total. The van der Waals surface area contributed by atoms with Gasteiger partial charge in [-0.25, -0.2) is 0 Å². The number of rotatable bonds is 7. The highest BCUT2D eigenvalue weighted by Gasteiger charge is 2.27. The summed E-state index contributed by atoms with van der Waals surface area (Å²) in [5.41, 5.74) is 8.89. The Morgan fingerprint density at radius 3 is 2.16 bits per heavy atom. The summed E-state index contributed by atoms with van der Waals surface area (Å²) in [7, 11) is 2.16. The summed E-state index contributed by atoms with van der Waals surface area (Å²) in [5, 5.41) is 2.53. The lowest BCUT2D eigenvalue weighted by Gasteiger charge is -2.28. The number of para-hydroxylation sites is 4. The molecule has 1 aliphatic carbocycles. The van der Waals surface area contributed by atoms with Crippen LogP contribution in [0.2, 0.25) is 0 Å². The van der Waals surface area contributed by atoms with Crippen molar-refractivity contribution in [2.24, 2.45) is 0 Å². The number of fused-ring (bicyclic) bond motifs is 2. The first-order chi connectivity index (χ1) is 21.2. The molecule has 1 aliphatic heterocycles. The highest BCUT2D eigenvalue weighted by atomic mass is 32.2. The standard InChI is InChI=1S/C38H34N3S2/c1-3-40-33-19-11-13-21-35(33)43-37(40)27-25-29-23-22-28(24-26-36-39(2)32-18-10-12-20-34(32)42-36)38(29)41(30-14-6-4-7-15-30)31-16-8-5-9-17-31/h4-21,24-27H,3,22-23H2,1-2H3/q+1. The van der Waals surface area contributed by atoms with E-state index in [4.69, 9.17) is 0 Å². The van der Waals surface area contributed by atoms with Crippen molar-refractivity contribution in [3.05, 3.63) is 154 Å². The van der Waals surface area contributed by atoms with Gasteiger partial charge in [-0.1, -0.05) is 89.8 Å². The zero-order valence-electron chi connectivity index (χ0n) is 24.5. The fourth-order valence-electron chi connectivity index (χ4n) is 6.00. The molecule has 0 amide bonds. The first-order valence-corrected chi connectivity index (χ1v) is 16.5. The number of nitrogens with zero attached hydrogens (tertiary/aromatic N) is 3. The van der Waals surface area contributed by atoms with Crippen LogP contribution in [0.3, 0.4) is 0 Å². The Morgan fingerprint density at radius 2 is 1.44 bits per heavy atom. The van der Waals surface area contributed by atoms with Crippen LogP contribution in [0.25, 0.3) is 16.3 Å². The number of hydrogen-bond acceptors (Lipinski definition) is 4. The molecule has 0 fully saturated rings. The van der Waals surface area contributed by atoms with Gasteiger partial charge in [0.1, 0.15) is 11.2 Å². The van der Waals surface area contributed by atoms with Crippen molar-refractivity contribution in [2.45, 2.75) is 31.2 Å². The molecule has 5 aromatic rings. The molecule has 43 heavy (non-hydrogen) atoms. The summed E-state index contributed by atoms with van der Waals surface area (Å²) in [5.74, 6) is 0. The van der Waals surface area contributed by atoms with Crippen LogP contribution in [0.4, 0.5) is 17.1 Å². The van der Waals surface area contributed by atoms with E-state index in [1.807, 2.05) is 23.1 Å². The summed E-state index contributed by atoms with van der Waals surface area (Å²) >= 11 is 3.71. The molecule has 0 N–H and O–H groups in total. The van der Waals surface area contributed by atoms with Gasteiger partial charge in [-0.2, -0.15) is 4.57 Å². The predicted octanol–water partition coefficient (Wildman–Crippen LogP) is 10.1. The fraction of sp³-hybridized carbons (Fsp3) is 0.132. The van der Waals surface area contributed by atoms with E-state index < -0.39 is 0 Å². The Labute approximate surface area is 262 Å². The van der Waals surface area contributed by atoms with Gasteiger partial charge in [-0.15, -0.1) is 0 Å². The van der Waals surface area contributed by atoms with E-state index in [0.717, 1.165) is 19.4 Å². The molecule has 0 saturated carbocycles. The van der Waals surface area contributed by atoms with Gasteiger partial charge < -0.3 is 9.80 Å². The van der Waals surface area contributed by atoms with E-state index in [1.54, 1.807) is 0 Å². The maximum Gasteiger partial charge on any atom is 0.262 e. The Hall–Kier alpha value is -4.32. The number of anilines is 3. The first-order valence-electron chi connectivity index (χ1n) is 14.9. The number of benzene rings is 4. The molecule has 4 aromatic carbocycles. The van der Waals surface area contributed by atoms with Gasteiger partial charge in [0, 0.05) is 35.5 Å². The van der Waals surface area contributed by atoms with E-state index >= 15 is 0 Å². The third kappa shape index (κ3) is 5.35. The molecule has 5 heteroatoms. The maximum absolute atomic E-state index is 2.44. The van der Waals surface area contributed by atoms with Crippen LogP contribution >= 0.6 is 23.1 Å². The van der Waals surface area contributed by atoms with Crippen molar-refractivity contribution in [3.8, 4) is 0 Å². The van der Waals surface area contributed by atoms with Crippen LogP contribution < -0.4 is 14.4 Å². The second-order valence-corrected chi connectivity index (χ2v) is 12.8. The maximum atomic E-state index is 2.44. The van der Waals surface area contributed by atoms with Crippen LogP contribution in [0, 0.1) is 0 Å². The lowest BCUT2D eigenvalue weighted by atomic mass is 10.1. The zero-order chi connectivity index (χ0) is 29.2. The Bertz CT molecular complexity index is 1860. The molecule has 0 atom stereocenters. The molecular weight excluding hydrogens is 563 g/mol. The summed E-state index contributed by atoms with van der Waals surface area (Å²) in [6, 6.07) is 38.9. The monoisotopic (exact) mass is 596 g/mol. The largest absolute Gasteiger partial charge is 0.338 e. The van der Waals surface area contributed by atoms with Crippen LogP contribution in [0.5, 0.6) is 0 Å². The van der Waals surface area contributed by atoms with Gasteiger partial charge in [0.15, 0.2) is 0 Å². The van der Waals surface area contributed by atoms with Gasteiger partial charge in [0.05, 0.1) is 16.4 Å². The van der Waals surface area contributed by atoms with Gasteiger partial charge >= 0.3 is 0 Å². The number of thiazole rings is 1. The van der Waals surface area contributed by atoms with Crippen molar-refractivity contribution in [1.29, 1.82) is 0 Å². The molecule has 7 rings (SSSR count). The third-order valence-corrected chi connectivity index (χ3v) is 10.4. The Kier molecular flexibility index (Phi) is 7.75. The molecule has 0 unspecified atom stereocenters. The van der Waals surface area contributed by atoms with Gasteiger partial charge in [-0.3, -0.25) is 0 Å². The second-order valence-electron chi connectivity index (χ2n) is 10.7. The van der Waals surface area contributed by atoms with Crippen LogP contribution in [0.1, 0.15) is 24.8 Å². The molecule has 212 valence electrons. The predicted molar refractivity (Wildman–Crippen MR) is 185 cm³/mol. The molecule has 1 aromatic heterocycles. The van der Waals surface area contributed by atoms with E-state index in [1.165, 1.54) is 59.1 Å². The van der Waals surface area contributed by atoms with E-state index in [9.17, 15) is 0 Å². The van der Waals surface area contributed by atoms with Crippen molar-refractivity contribution in [2.75, 3.05) is 16.8 Å². The normalized spacial score (nSPS) is 16.7. The van der Waals surface area contributed by atoms with Gasteiger partial charge in [0.25, 0.3) is 5.01 Å². The topological polar surface area (TPSA) is 10.4 Å². The smallest absolute Gasteiger partial charge is 0.262 e. The number of allylic oxidation sites excluding steroid dienone is 5. The molecule has 2 aliphatic rings. The fourth-order valence-corrected chi connectivity index (χ4v) is 8.18. The van der Waals surface area contributed by atoms with Crippen molar-refractivity contribution < 1.29 is 4.57 Å². The van der Waals surface area contributed by atoms with Crippen LogP contribution in [-0.4, -0.2) is 7.05 Å². The summed E-state index contributed by atoms with van der Waals surface area (Å²) < 4.78 is 3.75. The third-order valence-electron chi connectivity index (χ3n) is 8.10. The Morgan fingerprint density at radius 1 is 0.767 bits per heavy atom. The van der Waals surface area contributed by atoms with Gasteiger partial charge in [0.2, 0.25) is 5.52 Å². The SMILES string of the molecule is CC[n+]1c(/C=C\C2=C(N(c3ccccc3)c3ccccc3)C(=C/C=C3Sc4ccccc4N3C)/CC2)sc2ccccc21. The molecule has 0 spiro atoms. The number of aryl methyl sites for hydroxylation is 1. The number of hydrogen-bond donors (Lipinski definition) is 0. The van der Waals surface area contributed by atoms with Crippen LogP contribution in [0.15, 0.2) is 154 Å². The minimum atomic E-state index is 0.946. The second kappa shape index (κ2) is 12.1. The highest BCUT2D eigenvalue weighted by Crippen LogP contribution is 2.46. The summed E-state index contributed by atoms with van der Waals surface area (Å²) in [6.07, 6.45) is 11.3. The minimum absolute atomic E-state index is 0.946. The average Bonchev–Trinajstić information content (AvgIpc) is 3.73. The first kappa shape index (κ1) is 27.5. The van der Waals surface area contributed by atoms with Crippen molar-refractivity contribution >= 4 is 56.5 Å². The Balaban J connectivity index is 1.36. The lowest BCUT2D eigenvalue weighted by molar-refractivity contribution is -0.665. The summed E-state index contributed by atoms with van der Waals surface area (Å²) in [6.45, 7) is 3.18. The zero-order valence-corrected chi connectivity index (χ0v) is 26.1. The van der Waals surface area contributed by atoms with Gasteiger partial charge in [-0.05, 0) is 85.5 Å². The van der Waals surface area contributed by atoms with Crippen molar-refractivity contribution in [1.82, 2.24) is 0 Å².